The molecule has 3 aromatic rings. The summed E-state index contributed by atoms with van der Waals surface area (Å²) in [6.45, 7) is 7.75. The van der Waals surface area contributed by atoms with Gasteiger partial charge in [-0.05, 0) is 92.2 Å². The summed E-state index contributed by atoms with van der Waals surface area (Å²) < 4.78 is 38.6. The van der Waals surface area contributed by atoms with Crippen molar-refractivity contribution in [3.63, 3.8) is 0 Å². The minimum absolute atomic E-state index is 0.0103. The Morgan fingerprint density at radius 1 is 1.00 bits per heavy atom. The number of hydrogen-bond donors (Lipinski definition) is 2. The van der Waals surface area contributed by atoms with Gasteiger partial charge in [0.1, 0.15) is 29.9 Å². The Morgan fingerprint density at radius 2 is 1.80 bits per heavy atom. The quantitative estimate of drug-likeness (QED) is 0.0377. The fourth-order valence-corrected chi connectivity index (χ4v) is 10.1. The second-order valence-electron chi connectivity index (χ2n) is 17.4. The van der Waals surface area contributed by atoms with Crippen molar-refractivity contribution >= 4 is 17.5 Å². The SMILES string of the molecule is C=CCO[C@@]12Oc3ccc(Oc4cccc([N+](=O)[O-])c4)cc3[C@H]3[C@H](CCCCO)[C@@H](CCCCO)C=C(C(=NOC4CCCCO4)C[C@@H]1N(CCC)C(=O)OCCOCc1ccccc1)[C@H]32. The molecule has 0 aromatic heterocycles. The number of unbranched alkanes of at least 4 members (excludes halogenated alkanes) is 2. The van der Waals surface area contributed by atoms with Crippen molar-refractivity contribution in [2.45, 2.75) is 108 Å². The molecule has 2 heterocycles. The maximum atomic E-state index is 14.6. The van der Waals surface area contributed by atoms with Crippen molar-refractivity contribution in [1.82, 2.24) is 4.90 Å². The summed E-state index contributed by atoms with van der Waals surface area (Å²) in [4.78, 5) is 33.8. The van der Waals surface area contributed by atoms with Crippen LogP contribution in [0.4, 0.5) is 10.5 Å². The number of aliphatic hydroxyl groups excluding tert-OH is 2. The molecule has 2 N–H and O–H groups in total. The van der Waals surface area contributed by atoms with E-state index in [0.29, 0.717) is 68.4 Å². The van der Waals surface area contributed by atoms with Crippen LogP contribution < -0.4 is 9.47 Å². The number of carbonyl (C=O) groups excluding carboxylic acids is 1. The number of nitro benzene ring substituents is 1. The van der Waals surface area contributed by atoms with E-state index in [1.807, 2.05) is 49.4 Å². The van der Waals surface area contributed by atoms with Crippen LogP contribution in [0.15, 0.2) is 102 Å². The van der Waals surface area contributed by atoms with Crippen LogP contribution >= 0.6 is 0 Å². The summed E-state index contributed by atoms with van der Waals surface area (Å²) in [5.41, 5.74) is 3.31. The lowest BCUT2D eigenvalue weighted by Gasteiger charge is -2.60. The van der Waals surface area contributed by atoms with Gasteiger partial charge >= 0.3 is 6.09 Å². The van der Waals surface area contributed by atoms with Gasteiger partial charge in [0.2, 0.25) is 12.1 Å². The van der Waals surface area contributed by atoms with E-state index in [2.05, 4.69) is 12.7 Å². The van der Waals surface area contributed by atoms with E-state index in [-0.39, 0.29) is 62.9 Å². The Hall–Kier alpha value is -5.32. The number of hydrogen-bond acceptors (Lipinski definition) is 13. The van der Waals surface area contributed by atoms with Crippen LogP contribution in [0.3, 0.4) is 0 Å². The molecule has 2 aliphatic carbocycles. The van der Waals surface area contributed by atoms with Gasteiger partial charge in [0.25, 0.3) is 5.69 Å². The molecule has 1 saturated carbocycles. The summed E-state index contributed by atoms with van der Waals surface area (Å²) in [7, 11) is 0. The fraction of sp³-hybridized carbons (Fsp3) is 0.529. The highest BCUT2D eigenvalue weighted by Gasteiger charge is 2.65. The van der Waals surface area contributed by atoms with Crippen molar-refractivity contribution in [3.8, 4) is 17.2 Å². The number of fused-ring (bicyclic) bond motifs is 2. The minimum atomic E-state index is -1.48. The summed E-state index contributed by atoms with van der Waals surface area (Å²) in [6.07, 6.45) is 10.6. The number of non-ortho nitro benzene ring substituents is 1. The average molecular weight is 912 g/mol. The number of nitro groups is 1. The van der Waals surface area contributed by atoms with E-state index in [0.717, 1.165) is 55.2 Å². The van der Waals surface area contributed by atoms with Gasteiger partial charge in [0.15, 0.2) is 0 Å². The first-order chi connectivity index (χ1) is 32.3. The van der Waals surface area contributed by atoms with Crippen LogP contribution in [0, 0.1) is 27.9 Å². The monoisotopic (exact) mass is 911 g/mol. The summed E-state index contributed by atoms with van der Waals surface area (Å²) in [5.74, 6) is -1.04. The van der Waals surface area contributed by atoms with Crippen LogP contribution in [-0.4, -0.2) is 96.1 Å². The topological polar surface area (TPSA) is 181 Å². The van der Waals surface area contributed by atoms with Gasteiger partial charge in [-0.25, -0.2) is 4.79 Å². The Labute approximate surface area is 387 Å². The Morgan fingerprint density at radius 3 is 2.55 bits per heavy atom. The molecular formula is C51H65N3O12. The van der Waals surface area contributed by atoms with Gasteiger partial charge in [-0.2, -0.15) is 0 Å². The van der Waals surface area contributed by atoms with Crippen molar-refractivity contribution < 1.29 is 53.2 Å². The Balaban J connectivity index is 1.35. The van der Waals surface area contributed by atoms with Gasteiger partial charge in [-0.1, -0.05) is 73.5 Å². The third-order valence-electron chi connectivity index (χ3n) is 13.0. The van der Waals surface area contributed by atoms with Crippen molar-refractivity contribution in [3.05, 3.63) is 118 Å². The number of benzene rings is 3. The standard InChI is InChI=1S/C51H65N3O12/c1-3-24-53(50(57)62-30-29-60-35-36-15-6-5-7-16-36)46-34-44(52-66-47-21-10-13-28-61-47)42-31-37(17-8-11-25-55)41(20-9-12-26-56)48-43-33-40(64-39-19-14-18-38(32-39)54(58)59)22-23-45(43)65-51(46,49(42)48)63-27-4-2/h4-7,14-16,18-19,22-23,31-33,37,41,46-49,55-56H,2-3,8-13,17,20-21,24-30,34-35H2,1H3/t37-,41+,46-,47?,48+,49+,51+/m0/s1. The largest absolute Gasteiger partial charge is 0.459 e. The molecule has 0 radical (unpaired) electrons. The second-order valence-corrected chi connectivity index (χ2v) is 17.4. The molecule has 1 unspecified atom stereocenters. The zero-order valence-corrected chi connectivity index (χ0v) is 38.0. The first-order valence-corrected chi connectivity index (χ1v) is 23.6. The Kier molecular flexibility index (Phi) is 17.6. The van der Waals surface area contributed by atoms with Crippen LogP contribution in [0.1, 0.15) is 94.6 Å². The van der Waals surface area contributed by atoms with Gasteiger partial charge in [-0.15, -0.1) is 6.58 Å². The molecule has 1 amide bonds. The zero-order chi connectivity index (χ0) is 46.3. The molecule has 7 rings (SSSR count). The first kappa shape index (κ1) is 48.6. The number of oxime groups is 1. The molecule has 2 fully saturated rings. The van der Waals surface area contributed by atoms with E-state index in [9.17, 15) is 25.1 Å². The van der Waals surface area contributed by atoms with E-state index >= 15 is 0 Å². The number of amides is 1. The molecule has 356 valence electrons. The van der Waals surface area contributed by atoms with Gasteiger partial charge in [0, 0.05) is 50.1 Å². The predicted molar refractivity (Wildman–Crippen MR) is 247 cm³/mol. The lowest BCUT2D eigenvalue weighted by Crippen LogP contribution is -2.70. The van der Waals surface area contributed by atoms with E-state index in [4.69, 9.17) is 38.4 Å². The number of carbonyl (C=O) groups is 1. The van der Waals surface area contributed by atoms with Gasteiger partial charge < -0.3 is 43.5 Å². The molecule has 15 heteroatoms. The third-order valence-corrected chi connectivity index (χ3v) is 13.0. The second kappa shape index (κ2) is 23.9. The van der Waals surface area contributed by atoms with Crippen LogP contribution in [0.2, 0.25) is 0 Å². The lowest BCUT2D eigenvalue weighted by molar-refractivity contribution is -0.384. The summed E-state index contributed by atoms with van der Waals surface area (Å²) in [6, 6.07) is 20.7. The molecule has 66 heavy (non-hydrogen) atoms. The van der Waals surface area contributed by atoms with Crippen LogP contribution in [0.25, 0.3) is 0 Å². The molecule has 3 aromatic carbocycles. The van der Waals surface area contributed by atoms with Gasteiger partial charge in [0.05, 0.1) is 49.0 Å². The number of ether oxygens (including phenoxy) is 6. The molecule has 4 aliphatic rings. The van der Waals surface area contributed by atoms with E-state index in [1.54, 1.807) is 29.2 Å². The zero-order valence-electron chi connectivity index (χ0n) is 38.0. The highest BCUT2D eigenvalue weighted by Crippen LogP contribution is 2.62. The van der Waals surface area contributed by atoms with E-state index < -0.39 is 35.1 Å². The van der Waals surface area contributed by atoms with Crippen molar-refractivity contribution in [2.24, 2.45) is 22.9 Å². The number of aliphatic hydroxyl groups is 2. The molecule has 7 atom stereocenters. The molecule has 0 bridgehead atoms. The molecule has 1 saturated heterocycles. The van der Waals surface area contributed by atoms with Crippen LogP contribution in [-0.2, 0) is 30.4 Å². The maximum absolute atomic E-state index is 14.6. The Bertz CT molecular complexity index is 2130. The first-order valence-electron chi connectivity index (χ1n) is 23.6. The molecule has 2 aliphatic heterocycles. The minimum Gasteiger partial charge on any atom is -0.459 e. The highest BCUT2D eigenvalue weighted by molar-refractivity contribution is 6.03. The number of allylic oxidation sites excluding steroid dienone is 1. The van der Waals surface area contributed by atoms with Crippen molar-refractivity contribution in [1.29, 1.82) is 0 Å². The number of nitrogens with zero attached hydrogens (tertiary/aromatic N) is 3. The number of rotatable bonds is 24. The third kappa shape index (κ3) is 11.6. The molecular weight excluding hydrogens is 847 g/mol. The normalized spacial score (nSPS) is 24.8. The lowest BCUT2D eigenvalue weighted by atomic mass is 9.55. The van der Waals surface area contributed by atoms with E-state index in [1.165, 1.54) is 12.1 Å². The van der Waals surface area contributed by atoms with Gasteiger partial charge in [-0.3, -0.25) is 15.0 Å². The van der Waals surface area contributed by atoms with Crippen LogP contribution in [0.5, 0.6) is 17.2 Å². The smallest absolute Gasteiger partial charge is 0.410 e. The molecule has 15 nitrogen and oxygen atoms in total. The predicted octanol–water partition coefficient (Wildman–Crippen LogP) is 9.61. The summed E-state index contributed by atoms with van der Waals surface area (Å²) >= 11 is 0. The van der Waals surface area contributed by atoms with Crippen molar-refractivity contribution in [2.75, 3.05) is 46.2 Å². The maximum Gasteiger partial charge on any atom is 0.410 e. The summed E-state index contributed by atoms with van der Waals surface area (Å²) in [5, 5.41) is 36.5. The average Bonchev–Trinajstić information content (AvgIpc) is 3.33. The fourth-order valence-electron chi connectivity index (χ4n) is 10.1. The molecule has 0 spiro atoms. The highest BCUT2D eigenvalue weighted by atomic mass is 16.8.